The van der Waals surface area contributed by atoms with Crippen molar-refractivity contribution < 1.29 is 4.79 Å². The number of nitrogens with one attached hydrogen (secondary N) is 2. The minimum atomic E-state index is -0.255. The molecule has 3 rings (SSSR count). The molecule has 2 amide bonds. The van der Waals surface area contributed by atoms with Gasteiger partial charge in [0.1, 0.15) is 5.82 Å². The molecule has 2 aromatic heterocycles. The van der Waals surface area contributed by atoms with Crippen LogP contribution in [0, 0.1) is 0 Å². The summed E-state index contributed by atoms with van der Waals surface area (Å²) in [6, 6.07) is 11.3. The van der Waals surface area contributed by atoms with Crippen LogP contribution in [0.4, 0.5) is 10.6 Å². The Labute approximate surface area is 146 Å². The van der Waals surface area contributed by atoms with Crippen LogP contribution >= 0.6 is 0 Å². The number of carbonyl (C=O) groups is 1. The summed E-state index contributed by atoms with van der Waals surface area (Å²) < 4.78 is 3.46. The first-order chi connectivity index (χ1) is 12.1. The first-order valence-electron chi connectivity index (χ1n) is 8.27. The van der Waals surface area contributed by atoms with Gasteiger partial charge in [0, 0.05) is 25.5 Å². The lowest BCUT2D eigenvalue weighted by Crippen LogP contribution is -2.31. The highest BCUT2D eigenvalue weighted by molar-refractivity contribution is 5.88. The van der Waals surface area contributed by atoms with E-state index in [9.17, 15) is 4.79 Å². The number of hydrogen-bond donors (Lipinski definition) is 2. The van der Waals surface area contributed by atoms with E-state index in [-0.39, 0.29) is 12.1 Å². The fraction of sp³-hybridized carbons (Fsp3) is 0.278. The van der Waals surface area contributed by atoms with Crippen LogP contribution in [0.5, 0.6) is 0 Å². The van der Waals surface area contributed by atoms with Gasteiger partial charge >= 0.3 is 6.03 Å². The van der Waals surface area contributed by atoms with Crippen molar-refractivity contribution in [2.75, 3.05) is 5.32 Å². The highest BCUT2D eigenvalue weighted by atomic mass is 16.2. The fourth-order valence-corrected chi connectivity index (χ4v) is 2.59. The molecule has 0 aliphatic heterocycles. The second kappa shape index (κ2) is 7.21. The summed E-state index contributed by atoms with van der Waals surface area (Å²) >= 11 is 0. The van der Waals surface area contributed by atoms with Crippen molar-refractivity contribution in [1.29, 1.82) is 0 Å². The van der Waals surface area contributed by atoms with E-state index < -0.39 is 0 Å². The lowest BCUT2D eigenvalue weighted by atomic mass is 10.1. The van der Waals surface area contributed by atoms with Gasteiger partial charge in [-0.3, -0.25) is 10.00 Å². The number of nitrogens with zero attached hydrogens (tertiary/aromatic N) is 4. The quantitative estimate of drug-likeness (QED) is 0.750. The molecule has 130 valence electrons. The Morgan fingerprint density at radius 1 is 1.28 bits per heavy atom. The van der Waals surface area contributed by atoms with E-state index in [4.69, 9.17) is 0 Å². The maximum atomic E-state index is 12.2. The maximum Gasteiger partial charge on any atom is 0.320 e. The number of rotatable bonds is 5. The van der Waals surface area contributed by atoms with Crippen molar-refractivity contribution in [2.45, 2.75) is 26.3 Å². The maximum absolute atomic E-state index is 12.2. The van der Waals surface area contributed by atoms with E-state index in [2.05, 4.69) is 20.8 Å². The Hall–Kier alpha value is -3.09. The van der Waals surface area contributed by atoms with Crippen molar-refractivity contribution in [3.63, 3.8) is 0 Å². The van der Waals surface area contributed by atoms with E-state index in [0.29, 0.717) is 5.82 Å². The van der Waals surface area contributed by atoms with Crippen LogP contribution in [0.3, 0.4) is 0 Å². The topological polar surface area (TPSA) is 76.8 Å². The molecule has 1 atom stereocenters. The van der Waals surface area contributed by atoms with Gasteiger partial charge in [0.2, 0.25) is 0 Å². The third-order valence-electron chi connectivity index (χ3n) is 4.04. The normalized spacial score (nSPS) is 12.0. The molecule has 0 aliphatic carbocycles. The molecule has 25 heavy (non-hydrogen) atoms. The zero-order chi connectivity index (χ0) is 17.8. The summed E-state index contributed by atoms with van der Waals surface area (Å²) in [6.07, 6.45) is 4.46. The monoisotopic (exact) mass is 338 g/mol. The number of urea groups is 1. The average molecular weight is 338 g/mol. The van der Waals surface area contributed by atoms with Crippen LogP contribution in [0.1, 0.15) is 31.1 Å². The average Bonchev–Trinajstić information content (AvgIpc) is 3.25. The fourth-order valence-electron chi connectivity index (χ4n) is 2.59. The molecule has 2 N–H and O–H groups in total. The Morgan fingerprint density at radius 2 is 2.04 bits per heavy atom. The number of aromatic nitrogens is 4. The Kier molecular flexibility index (Phi) is 4.83. The largest absolute Gasteiger partial charge is 0.331 e. The number of benzene rings is 1. The highest BCUT2D eigenvalue weighted by Gasteiger charge is 2.12. The first kappa shape index (κ1) is 16.8. The molecule has 0 fully saturated rings. The van der Waals surface area contributed by atoms with E-state index in [1.165, 1.54) is 0 Å². The Bertz CT molecular complexity index is 835. The zero-order valence-electron chi connectivity index (χ0n) is 14.6. The lowest BCUT2D eigenvalue weighted by Gasteiger charge is -2.15. The molecule has 0 radical (unpaired) electrons. The molecule has 0 saturated heterocycles. The summed E-state index contributed by atoms with van der Waals surface area (Å²) in [5.41, 5.74) is 2.94. The molecule has 0 aliphatic rings. The van der Waals surface area contributed by atoms with E-state index >= 15 is 0 Å². The van der Waals surface area contributed by atoms with Gasteiger partial charge in [-0.05, 0) is 37.1 Å². The predicted molar refractivity (Wildman–Crippen MR) is 96.7 cm³/mol. The SMILES string of the molecule is CCc1cc(NC(=O)N[C@@H](C)c2ccc(-n3cccn3)cc2)n(C)n1. The van der Waals surface area contributed by atoms with Crippen molar-refractivity contribution >= 4 is 11.8 Å². The molecule has 3 aromatic rings. The first-order valence-corrected chi connectivity index (χ1v) is 8.27. The smallest absolute Gasteiger partial charge is 0.320 e. The van der Waals surface area contributed by atoms with Gasteiger partial charge in [-0.2, -0.15) is 10.2 Å². The zero-order valence-corrected chi connectivity index (χ0v) is 14.6. The third-order valence-corrected chi connectivity index (χ3v) is 4.04. The van der Waals surface area contributed by atoms with Crippen LogP contribution in [0.2, 0.25) is 0 Å². The molecule has 0 unspecified atom stereocenters. The molecule has 7 nitrogen and oxygen atoms in total. The molecule has 1 aromatic carbocycles. The molecule has 0 bridgehead atoms. The van der Waals surface area contributed by atoms with E-state index in [1.807, 2.05) is 63.5 Å². The second-order valence-electron chi connectivity index (χ2n) is 5.86. The number of hydrogen-bond acceptors (Lipinski definition) is 3. The molecule has 0 saturated carbocycles. The summed E-state index contributed by atoms with van der Waals surface area (Å²) in [5.74, 6) is 0.676. The van der Waals surface area contributed by atoms with Crippen LogP contribution in [0.15, 0.2) is 48.8 Å². The number of carbonyl (C=O) groups excluding carboxylic acids is 1. The second-order valence-corrected chi connectivity index (χ2v) is 5.86. The third kappa shape index (κ3) is 3.88. The number of amides is 2. The highest BCUT2D eigenvalue weighted by Crippen LogP contribution is 2.16. The van der Waals surface area contributed by atoms with Crippen molar-refractivity contribution in [2.24, 2.45) is 7.05 Å². The summed E-state index contributed by atoms with van der Waals surface area (Å²) in [4.78, 5) is 12.2. The summed E-state index contributed by atoms with van der Waals surface area (Å²) in [6.45, 7) is 3.98. The van der Waals surface area contributed by atoms with E-state index in [0.717, 1.165) is 23.4 Å². The van der Waals surface area contributed by atoms with Gasteiger partial charge in [-0.15, -0.1) is 0 Å². The van der Waals surface area contributed by atoms with Crippen molar-refractivity contribution in [1.82, 2.24) is 24.9 Å². The lowest BCUT2D eigenvalue weighted by molar-refractivity contribution is 0.249. The predicted octanol–water partition coefficient (Wildman–Crippen LogP) is 3.05. The Morgan fingerprint density at radius 3 is 2.64 bits per heavy atom. The Balaban J connectivity index is 1.62. The summed E-state index contributed by atoms with van der Waals surface area (Å²) in [7, 11) is 1.81. The van der Waals surface area contributed by atoms with Gasteiger partial charge in [-0.25, -0.2) is 9.48 Å². The molecule has 0 spiro atoms. The summed E-state index contributed by atoms with van der Waals surface area (Å²) in [5, 5.41) is 14.3. The van der Waals surface area contributed by atoms with Crippen LogP contribution < -0.4 is 10.6 Å². The molecule has 7 heteroatoms. The minimum absolute atomic E-state index is 0.120. The van der Waals surface area contributed by atoms with Crippen LogP contribution in [0.25, 0.3) is 5.69 Å². The molecular formula is C18H22N6O. The van der Waals surface area contributed by atoms with Gasteiger partial charge in [0.05, 0.1) is 17.4 Å². The van der Waals surface area contributed by atoms with E-state index in [1.54, 1.807) is 15.6 Å². The standard InChI is InChI=1S/C18H22N6O/c1-4-15-12-17(23(3)22-15)21-18(25)20-13(2)14-6-8-16(9-7-14)24-11-5-10-19-24/h5-13H,4H2,1-3H3,(H2,20,21,25)/t13-/m0/s1. The number of aryl methyl sites for hydroxylation is 2. The minimum Gasteiger partial charge on any atom is -0.331 e. The van der Waals surface area contributed by atoms with Crippen LogP contribution in [-0.4, -0.2) is 25.6 Å². The van der Waals surface area contributed by atoms with Gasteiger partial charge in [0.15, 0.2) is 0 Å². The molecule has 2 heterocycles. The van der Waals surface area contributed by atoms with Crippen LogP contribution in [-0.2, 0) is 13.5 Å². The molecular weight excluding hydrogens is 316 g/mol. The van der Waals surface area contributed by atoms with Gasteiger partial charge in [-0.1, -0.05) is 19.1 Å². The number of anilines is 1. The van der Waals surface area contributed by atoms with Gasteiger partial charge < -0.3 is 5.32 Å². The van der Waals surface area contributed by atoms with Crippen molar-refractivity contribution in [3.8, 4) is 5.69 Å². The van der Waals surface area contributed by atoms with Crippen molar-refractivity contribution in [3.05, 3.63) is 60.0 Å². The van der Waals surface area contributed by atoms with Gasteiger partial charge in [0.25, 0.3) is 0 Å².